The van der Waals surface area contributed by atoms with Crippen molar-refractivity contribution in [2.24, 2.45) is 5.73 Å². The van der Waals surface area contributed by atoms with E-state index in [0.29, 0.717) is 5.75 Å². The number of esters is 1. The number of carboxylic acid groups (broad SMARTS) is 1. The molecule has 5 heteroatoms. The van der Waals surface area contributed by atoms with Crippen LogP contribution in [0.1, 0.15) is 115 Å². The number of aliphatic carboxylic acids is 1. The summed E-state index contributed by atoms with van der Waals surface area (Å²) in [7, 11) is 0. The monoisotopic (exact) mass is 473 g/mol. The summed E-state index contributed by atoms with van der Waals surface area (Å²) >= 11 is 0. The van der Waals surface area contributed by atoms with E-state index in [1.54, 1.807) is 24.3 Å². The number of hydrogen-bond acceptors (Lipinski definition) is 4. The predicted octanol–water partition coefficient (Wildman–Crippen LogP) is 7.36. The molecule has 0 spiro atoms. The smallest absolute Gasteiger partial charge is 0.335 e. The van der Waals surface area contributed by atoms with Crippen LogP contribution in [0.3, 0.4) is 0 Å². The summed E-state index contributed by atoms with van der Waals surface area (Å²) in [5.74, 6) is -0.986. The molecule has 192 valence electrons. The van der Waals surface area contributed by atoms with Gasteiger partial charge < -0.3 is 15.6 Å². The number of carbonyl (C=O) groups excluding carboxylic acids is 1. The molecule has 0 aliphatic heterocycles. The lowest BCUT2D eigenvalue weighted by Crippen LogP contribution is -2.32. The molecule has 0 aliphatic carbocycles. The Kier molecular flexibility index (Phi) is 17.8. The van der Waals surface area contributed by atoms with Gasteiger partial charge in [-0.1, -0.05) is 115 Å². The van der Waals surface area contributed by atoms with Crippen molar-refractivity contribution in [3.8, 4) is 5.75 Å². The highest BCUT2D eigenvalue weighted by molar-refractivity contribution is 5.83. The first-order chi connectivity index (χ1) is 16.5. The highest BCUT2D eigenvalue weighted by Crippen LogP contribution is 2.15. The van der Waals surface area contributed by atoms with Crippen molar-refractivity contribution in [1.29, 1.82) is 0 Å². The van der Waals surface area contributed by atoms with Crippen molar-refractivity contribution in [3.05, 3.63) is 42.0 Å². The maximum Gasteiger partial charge on any atom is 0.335 e. The molecule has 1 rings (SSSR count). The minimum Gasteiger partial charge on any atom is -0.480 e. The van der Waals surface area contributed by atoms with Crippen LogP contribution in [0.25, 0.3) is 0 Å². The molecule has 0 fully saturated rings. The minimum atomic E-state index is -1.03. The van der Waals surface area contributed by atoms with Crippen LogP contribution in [0.2, 0.25) is 0 Å². The number of rotatable bonds is 21. The first kappa shape index (κ1) is 29.9. The van der Waals surface area contributed by atoms with Crippen molar-refractivity contribution in [1.82, 2.24) is 0 Å². The highest BCUT2D eigenvalue weighted by atomic mass is 16.5. The number of unbranched alkanes of at least 4 members (excludes halogenated alkanes) is 15. The standard InChI is InChI=1S/C29H47NO4/c1-2-3-4-5-6-7-8-9-10-11-12-13-14-15-16-17-18-19-28(31)34-26-22-20-25(21-23-26)24-27(30)29(32)33/h18-23,27H,2-17,24,30H2,1H3,(H,32,33)/t27-/m0/s1. The molecule has 0 heterocycles. The van der Waals surface area contributed by atoms with Crippen molar-refractivity contribution < 1.29 is 19.4 Å². The predicted molar refractivity (Wildman–Crippen MR) is 140 cm³/mol. The molecule has 0 radical (unpaired) electrons. The lowest BCUT2D eigenvalue weighted by atomic mass is 10.0. The summed E-state index contributed by atoms with van der Waals surface area (Å²) in [6, 6.07) is 5.83. The summed E-state index contributed by atoms with van der Waals surface area (Å²) < 4.78 is 5.28. The van der Waals surface area contributed by atoms with Crippen LogP contribution in [-0.4, -0.2) is 23.1 Å². The van der Waals surface area contributed by atoms with Crippen molar-refractivity contribution in [2.45, 2.75) is 122 Å². The second-order valence-corrected chi connectivity index (χ2v) is 9.35. The SMILES string of the molecule is CCCCCCCCCCCCCCCCCC=CC(=O)Oc1ccc(C[C@H](N)C(=O)O)cc1. The average molecular weight is 474 g/mol. The van der Waals surface area contributed by atoms with Gasteiger partial charge in [0.2, 0.25) is 0 Å². The van der Waals surface area contributed by atoms with Gasteiger partial charge in [0.15, 0.2) is 0 Å². The molecular formula is C29H47NO4. The average Bonchev–Trinajstić information content (AvgIpc) is 2.82. The Morgan fingerprint density at radius 3 is 1.76 bits per heavy atom. The molecule has 1 atom stereocenters. The van der Waals surface area contributed by atoms with Gasteiger partial charge in [-0.15, -0.1) is 0 Å². The number of nitrogens with two attached hydrogens (primary N) is 1. The third-order valence-electron chi connectivity index (χ3n) is 6.14. The normalized spacial score (nSPS) is 12.2. The first-order valence-electron chi connectivity index (χ1n) is 13.5. The summed E-state index contributed by atoms with van der Waals surface area (Å²) in [5, 5.41) is 8.86. The molecule has 1 aromatic rings. The fourth-order valence-corrected chi connectivity index (χ4v) is 4.00. The third-order valence-corrected chi connectivity index (χ3v) is 6.14. The van der Waals surface area contributed by atoms with Crippen LogP contribution < -0.4 is 10.5 Å². The van der Waals surface area contributed by atoms with Crippen molar-refractivity contribution in [2.75, 3.05) is 0 Å². The summed E-state index contributed by atoms with van der Waals surface area (Å²) in [5.41, 5.74) is 6.32. The molecule has 34 heavy (non-hydrogen) atoms. The Morgan fingerprint density at radius 2 is 1.29 bits per heavy atom. The van der Waals surface area contributed by atoms with E-state index in [1.165, 1.54) is 96.0 Å². The van der Waals surface area contributed by atoms with Gasteiger partial charge in [-0.25, -0.2) is 4.79 Å². The Bertz CT molecular complexity index is 684. The maximum atomic E-state index is 11.9. The number of allylic oxidation sites excluding steroid dienone is 1. The molecule has 0 saturated carbocycles. The van der Waals surface area contributed by atoms with Crippen LogP contribution >= 0.6 is 0 Å². The summed E-state index contributed by atoms with van der Waals surface area (Å²) in [6.07, 6.45) is 24.7. The zero-order chi connectivity index (χ0) is 24.9. The number of carbonyl (C=O) groups is 2. The van der Waals surface area contributed by atoms with Gasteiger partial charge in [-0.2, -0.15) is 0 Å². The first-order valence-corrected chi connectivity index (χ1v) is 13.5. The van der Waals surface area contributed by atoms with Crippen molar-refractivity contribution >= 4 is 11.9 Å². The van der Waals surface area contributed by atoms with Crippen LogP contribution in [0.5, 0.6) is 5.75 Å². The fraction of sp³-hybridized carbons (Fsp3) is 0.655. The minimum absolute atomic E-state index is 0.239. The molecule has 3 N–H and O–H groups in total. The second-order valence-electron chi connectivity index (χ2n) is 9.35. The summed E-state index contributed by atoms with van der Waals surface area (Å²) in [4.78, 5) is 22.7. The zero-order valence-corrected chi connectivity index (χ0v) is 21.3. The fourth-order valence-electron chi connectivity index (χ4n) is 4.00. The molecule has 0 aromatic heterocycles. The maximum absolute atomic E-state index is 11.9. The lowest BCUT2D eigenvalue weighted by molar-refractivity contribution is -0.138. The van der Waals surface area contributed by atoms with Gasteiger partial charge in [0, 0.05) is 6.08 Å². The van der Waals surface area contributed by atoms with E-state index in [1.807, 2.05) is 6.08 Å². The second kappa shape index (κ2) is 20.3. The van der Waals surface area contributed by atoms with Gasteiger partial charge in [-0.3, -0.25) is 4.79 Å². The third kappa shape index (κ3) is 16.5. The Morgan fingerprint density at radius 1 is 0.824 bits per heavy atom. The molecule has 0 amide bonds. The van der Waals surface area contributed by atoms with Gasteiger partial charge in [0.05, 0.1) is 0 Å². The topological polar surface area (TPSA) is 89.6 Å². The van der Waals surface area contributed by atoms with E-state index in [-0.39, 0.29) is 6.42 Å². The number of benzene rings is 1. The van der Waals surface area contributed by atoms with E-state index in [9.17, 15) is 9.59 Å². The molecule has 0 aliphatic rings. The van der Waals surface area contributed by atoms with Gasteiger partial charge in [0.1, 0.15) is 11.8 Å². The largest absolute Gasteiger partial charge is 0.480 e. The Hall–Kier alpha value is -2.14. The van der Waals surface area contributed by atoms with Crippen LogP contribution in [0.15, 0.2) is 36.4 Å². The van der Waals surface area contributed by atoms with E-state index in [2.05, 4.69) is 6.92 Å². The number of carboxylic acids is 1. The number of hydrogen-bond donors (Lipinski definition) is 2. The molecule has 1 aromatic carbocycles. The van der Waals surface area contributed by atoms with E-state index >= 15 is 0 Å². The van der Waals surface area contributed by atoms with Crippen LogP contribution in [0, 0.1) is 0 Å². The van der Waals surface area contributed by atoms with Crippen LogP contribution in [0.4, 0.5) is 0 Å². The van der Waals surface area contributed by atoms with E-state index < -0.39 is 18.0 Å². The Balaban J connectivity index is 1.96. The molecular weight excluding hydrogens is 426 g/mol. The highest BCUT2D eigenvalue weighted by Gasteiger charge is 2.12. The van der Waals surface area contributed by atoms with E-state index in [0.717, 1.165) is 18.4 Å². The Labute approximate surface area is 207 Å². The molecule has 0 saturated heterocycles. The number of ether oxygens (including phenoxy) is 1. The molecule has 0 bridgehead atoms. The van der Waals surface area contributed by atoms with Gasteiger partial charge in [-0.05, 0) is 37.0 Å². The molecule has 0 unspecified atom stereocenters. The lowest BCUT2D eigenvalue weighted by Gasteiger charge is -2.07. The quantitative estimate of drug-likeness (QED) is 0.0842. The summed E-state index contributed by atoms with van der Waals surface area (Å²) in [6.45, 7) is 2.27. The van der Waals surface area contributed by atoms with Crippen molar-refractivity contribution in [3.63, 3.8) is 0 Å². The van der Waals surface area contributed by atoms with Crippen LogP contribution in [-0.2, 0) is 16.0 Å². The van der Waals surface area contributed by atoms with E-state index in [4.69, 9.17) is 15.6 Å². The van der Waals surface area contributed by atoms with Gasteiger partial charge in [0.25, 0.3) is 0 Å². The van der Waals surface area contributed by atoms with Gasteiger partial charge >= 0.3 is 11.9 Å². The zero-order valence-electron chi connectivity index (χ0n) is 21.3. The molecule has 5 nitrogen and oxygen atoms in total.